The van der Waals surface area contributed by atoms with Gasteiger partial charge >= 0.3 is 0 Å². The van der Waals surface area contributed by atoms with Crippen LogP contribution in [0, 0.1) is 0 Å². The highest BCUT2D eigenvalue weighted by molar-refractivity contribution is 9.10. The molecule has 0 aliphatic rings. The fourth-order valence-electron chi connectivity index (χ4n) is 1.91. The summed E-state index contributed by atoms with van der Waals surface area (Å²) in [7, 11) is 1.90. The first-order chi connectivity index (χ1) is 10.1. The molecule has 21 heavy (non-hydrogen) atoms. The topological polar surface area (TPSA) is 63.1 Å². The molecule has 0 fully saturated rings. The van der Waals surface area contributed by atoms with Crippen molar-refractivity contribution in [1.29, 1.82) is 0 Å². The van der Waals surface area contributed by atoms with Crippen LogP contribution in [0.2, 0.25) is 0 Å². The second kappa shape index (κ2) is 7.33. The summed E-state index contributed by atoms with van der Waals surface area (Å²) >= 11 is 3.31. The van der Waals surface area contributed by atoms with Gasteiger partial charge in [0.05, 0.1) is 12.7 Å². The van der Waals surface area contributed by atoms with Crippen LogP contribution in [0.15, 0.2) is 35.2 Å². The van der Waals surface area contributed by atoms with E-state index in [1.54, 1.807) is 12.3 Å². The average molecular weight is 352 g/mol. The number of nitrogens with zero attached hydrogens (tertiary/aromatic N) is 4. The fraction of sp³-hybridized carbons (Fsp3) is 0.357. The van der Waals surface area contributed by atoms with Gasteiger partial charge in [0, 0.05) is 35.5 Å². The Kier molecular flexibility index (Phi) is 5.46. The first kappa shape index (κ1) is 15.7. The van der Waals surface area contributed by atoms with Gasteiger partial charge in [-0.2, -0.15) is 5.10 Å². The molecule has 0 spiro atoms. The molecule has 0 aliphatic heterocycles. The smallest absolute Gasteiger partial charge is 0.239 e. The first-order valence-electron chi connectivity index (χ1n) is 6.68. The lowest BCUT2D eigenvalue weighted by Crippen LogP contribution is -2.30. The standard InChI is InChI=1S/C14H18BrN5O/c1-3-20-9-11(6-17-20)8-19(2)10-14(21)18-13-5-4-12(15)7-16-13/h4-7,9H,3,8,10H2,1-2H3,(H,16,18,21). The molecule has 6 nitrogen and oxygen atoms in total. The summed E-state index contributed by atoms with van der Waals surface area (Å²) in [4.78, 5) is 18.0. The molecular formula is C14H18BrN5O. The zero-order valence-electron chi connectivity index (χ0n) is 12.1. The zero-order valence-corrected chi connectivity index (χ0v) is 13.7. The lowest BCUT2D eigenvalue weighted by atomic mass is 10.3. The quantitative estimate of drug-likeness (QED) is 0.865. The van der Waals surface area contributed by atoms with Gasteiger partial charge in [-0.25, -0.2) is 4.98 Å². The summed E-state index contributed by atoms with van der Waals surface area (Å²) in [5.41, 5.74) is 1.09. The molecule has 0 radical (unpaired) electrons. The molecular weight excluding hydrogens is 334 g/mol. The summed E-state index contributed by atoms with van der Waals surface area (Å²) in [6, 6.07) is 3.60. The molecule has 2 heterocycles. The maximum atomic E-state index is 11.9. The van der Waals surface area contributed by atoms with Crippen LogP contribution in [0.25, 0.3) is 0 Å². The maximum Gasteiger partial charge on any atom is 0.239 e. The molecule has 2 rings (SSSR count). The van der Waals surface area contributed by atoms with Crippen LogP contribution < -0.4 is 5.32 Å². The van der Waals surface area contributed by atoms with Gasteiger partial charge in [-0.05, 0) is 42.0 Å². The van der Waals surface area contributed by atoms with E-state index in [0.717, 1.165) is 16.6 Å². The number of aryl methyl sites for hydroxylation is 1. The number of aromatic nitrogens is 3. The van der Waals surface area contributed by atoms with E-state index in [4.69, 9.17) is 0 Å². The van der Waals surface area contributed by atoms with Gasteiger partial charge in [0.25, 0.3) is 0 Å². The van der Waals surface area contributed by atoms with Crippen molar-refractivity contribution in [2.45, 2.75) is 20.0 Å². The normalized spacial score (nSPS) is 10.9. The first-order valence-corrected chi connectivity index (χ1v) is 7.47. The largest absolute Gasteiger partial charge is 0.310 e. The molecule has 7 heteroatoms. The van der Waals surface area contributed by atoms with E-state index in [-0.39, 0.29) is 5.91 Å². The lowest BCUT2D eigenvalue weighted by molar-refractivity contribution is -0.117. The van der Waals surface area contributed by atoms with Crippen LogP contribution in [-0.4, -0.2) is 39.2 Å². The van der Waals surface area contributed by atoms with Crippen molar-refractivity contribution in [3.63, 3.8) is 0 Å². The third-order valence-electron chi connectivity index (χ3n) is 2.87. The molecule has 0 atom stereocenters. The van der Waals surface area contributed by atoms with E-state index < -0.39 is 0 Å². The van der Waals surface area contributed by atoms with Crippen molar-refractivity contribution in [1.82, 2.24) is 19.7 Å². The Hall–Kier alpha value is -1.73. The van der Waals surface area contributed by atoms with Crippen LogP contribution in [0.5, 0.6) is 0 Å². The van der Waals surface area contributed by atoms with E-state index in [2.05, 4.69) is 31.3 Å². The van der Waals surface area contributed by atoms with Gasteiger partial charge in [0.15, 0.2) is 0 Å². The summed E-state index contributed by atoms with van der Waals surface area (Å²) < 4.78 is 2.75. The third-order valence-corrected chi connectivity index (χ3v) is 3.34. The number of pyridine rings is 1. The minimum absolute atomic E-state index is 0.0878. The van der Waals surface area contributed by atoms with E-state index in [9.17, 15) is 4.79 Å². The summed E-state index contributed by atoms with van der Waals surface area (Å²) in [5, 5.41) is 6.99. The van der Waals surface area contributed by atoms with Crippen LogP contribution in [-0.2, 0) is 17.9 Å². The molecule has 2 aromatic heterocycles. The van der Waals surface area contributed by atoms with Crippen LogP contribution >= 0.6 is 15.9 Å². The van der Waals surface area contributed by atoms with Crippen molar-refractivity contribution in [3.05, 3.63) is 40.8 Å². The second-order valence-corrected chi connectivity index (χ2v) is 5.70. The number of nitrogens with one attached hydrogen (secondary N) is 1. The van der Waals surface area contributed by atoms with Crippen LogP contribution in [0.4, 0.5) is 5.82 Å². The Labute approximate surface area is 132 Å². The number of likely N-dealkylation sites (N-methyl/N-ethyl adjacent to an activating group) is 1. The fourth-order valence-corrected chi connectivity index (χ4v) is 2.14. The number of rotatable bonds is 6. The highest BCUT2D eigenvalue weighted by Crippen LogP contribution is 2.10. The van der Waals surface area contributed by atoms with Gasteiger partial charge in [0.2, 0.25) is 5.91 Å². The molecule has 0 saturated carbocycles. The molecule has 0 aliphatic carbocycles. The molecule has 1 amide bonds. The summed E-state index contributed by atoms with van der Waals surface area (Å²) in [5.74, 6) is 0.464. The molecule has 0 aromatic carbocycles. The van der Waals surface area contributed by atoms with Crippen LogP contribution in [0.3, 0.4) is 0 Å². The lowest BCUT2D eigenvalue weighted by Gasteiger charge is -2.15. The van der Waals surface area contributed by atoms with Crippen molar-refractivity contribution in [2.24, 2.45) is 0 Å². The molecule has 2 aromatic rings. The van der Waals surface area contributed by atoms with E-state index in [1.165, 1.54) is 0 Å². The third kappa shape index (κ3) is 4.95. The highest BCUT2D eigenvalue weighted by atomic mass is 79.9. The second-order valence-electron chi connectivity index (χ2n) is 4.79. The highest BCUT2D eigenvalue weighted by Gasteiger charge is 2.09. The Bertz CT molecular complexity index is 596. The van der Waals surface area contributed by atoms with Crippen molar-refractivity contribution in [3.8, 4) is 0 Å². The number of anilines is 1. The van der Waals surface area contributed by atoms with E-state index in [0.29, 0.717) is 18.9 Å². The van der Waals surface area contributed by atoms with Crippen LogP contribution in [0.1, 0.15) is 12.5 Å². The predicted molar refractivity (Wildman–Crippen MR) is 84.8 cm³/mol. The molecule has 0 bridgehead atoms. The Balaban J connectivity index is 1.82. The van der Waals surface area contributed by atoms with Gasteiger partial charge in [-0.15, -0.1) is 0 Å². The number of halogens is 1. The Morgan fingerprint density at radius 1 is 1.43 bits per heavy atom. The number of hydrogen-bond acceptors (Lipinski definition) is 4. The minimum Gasteiger partial charge on any atom is -0.310 e. The molecule has 0 saturated heterocycles. The average Bonchev–Trinajstić information content (AvgIpc) is 2.88. The molecule has 1 N–H and O–H groups in total. The van der Waals surface area contributed by atoms with Gasteiger partial charge in [0.1, 0.15) is 5.82 Å². The number of carbonyl (C=O) groups is 1. The maximum absolute atomic E-state index is 11.9. The van der Waals surface area contributed by atoms with Gasteiger partial charge in [-0.1, -0.05) is 0 Å². The monoisotopic (exact) mass is 351 g/mol. The summed E-state index contributed by atoms with van der Waals surface area (Å²) in [6.07, 6.45) is 5.47. The summed E-state index contributed by atoms with van der Waals surface area (Å²) in [6.45, 7) is 3.87. The van der Waals surface area contributed by atoms with E-state index >= 15 is 0 Å². The molecule has 112 valence electrons. The number of amides is 1. The van der Waals surface area contributed by atoms with Gasteiger partial charge in [-0.3, -0.25) is 14.4 Å². The zero-order chi connectivity index (χ0) is 15.2. The van der Waals surface area contributed by atoms with Crippen molar-refractivity contribution >= 4 is 27.7 Å². The SMILES string of the molecule is CCn1cc(CN(C)CC(=O)Nc2ccc(Br)cn2)cn1. The number of carbonyl (C=O) groups excluding carboxylic acids is 1. The molecule has 0 unspecified atom stereocenters. The van der Waals surface area contributed by atoms with Gasteiger partial charge < -0.3 is 5.32 Å². The Morgan fingerprint density at radius 3 is 2.86 bits per heavy atom. The van der Waals surface area contributed by atoms with Crippen molar-refractivity contribution in [2.75, 3.05) is 18.9 Å². The predicted octanol–water partition coefficient (Wildman–Crippen LogP) is 2.13. The van der Waals surface area contributed by atoms with E-state index in [1.807, 2.05) is 42.0 Å². The minimum atomic E-state index is -0.0878. The Morgan fingerprint density at radius 2 is 2.24 bits per heavy atom. The van der Waals surface area contributed by atoms with Crippen molar-refractivity contribution < 1.29 is 4.79 Å². The number of hydrogen-bond donors (Lipinski definition) is 1.